The second kappa shape index (κ2) is 6.50. The van der Waals surface area contributed by atoms with Gasteiger partial charge in [0.05, 0.1) is 5.52 Å². The molecule has 0 fully saturated rings. The van der Waals surface area contributed by atoms with Crippen molar-refractivity contribution in [3.05, 3.63) is 23.8 Å². The minimum atomic E-state index is 0.0849. The molecule has 0 saturated heterocycles. The topological polar surface area (TPSA) is 51.0 Å². The fourth-order valence-corrected chi connectivity index (χ4v) is 2.38. The van der Waals surface area contributed by atoms with Gasteiger partial charge in [-0.25, -0.2) is 4.68 Å². The van der Waals surface area contributed by atoms with E-state index in [1.165, 1.54) is 0 Å². The van der Waals surface area contributed by atoms with E-state index < -0.39 is 0 Å². The first-order chi connectivity index (χ1) is 9.71. The minimum Gasteiger partial charge on any atom is -0.339 e. The van der Waals surface area contributed by atoms with E-state index in [1.54, 1.807) is 0 Å². The lowest BCUT2D eigenvalue weighted by molar-refractivity contribution is 0.0755. The van der Waals surface area contributed by atoms with Gasteiger partial charge < -0.3 is 4.90 Å². The van der Waals surface area contributed by atoms with Crippen molar-refractivity contribution in [1.29, 1.82) is 0 Å². The van der Waals surface area contributed by atoms with Crippen molar-refractivity contribution in [1.82, 2.24) is 19.9 Å². The van der Waals surface area contributed by atoms with Gasteiger partial charge in [0.15, 0.2) is 0 Å². The maximum atomic E-state index is 12.5. The summed E-state index contributed by atoms with van der Waals surface area (Å²) in [5.74, 6) is 0.0849. The molecule has 20 heavy (non-hydrogen) atoms. The average Bonchev–Trinajstić information content (AvgIpc) is 2.88. The van der Waals surface area contributed by atoms with Crippen molar-refractivity contribution in [2.24, 2.45) is 0 Å². The molecule has 0 N–H and O–H groups in total. The van der Waals surface area contributed by atoms with Gasteiger partial charge in [0.1, 0.15) is 5.52 Å². The quantitative estimate of drug-likeness (QED) is 0.813. The Kier molecular flexibility index (Phi) is 4.71. The molecule has 1 aromatic heterocycles. The highest BCUT2D eigenvalue weighted by Gasteiger charge is 2.15. The summed E-state index contributed by atoms with van der Waals surface area (Å²) in [4.78, 5) is 14.4. The number of hydrogen-bond acceptors (Lipinski definition) is 3. The number of aromatic nitrogens is 3. The Morgan fingerprint density at radius 1 is 1.20 bits per heavy atom. The molecular weight excluding hydrogens is 252 g/mol. The maximum Gasteiger partial charge on any atom is 0.253 e. The second-order valence-electron chi connectivity index (χ2n) is 4.90. The summed E-state index contributed by atoms with van der Waals surface area (Å²) >= 11 is 0. The lowest BCUT2D eigenvalue weighted by Crippen LogP contribution is -2.32. The molecule has 0 aliphatic heterocycles. The molecule has 0 saturated carbocycles. The molecule has 5 nitrogen and oxygen atoms in total. The lowest BCUT2D eigenvalue weighted by atomic mass is 10.1. The second-order valence-corrected chi connectivity index (χ2v) is 4.90. The van der Waals surface area contributed by atoms with Crippen LogP contribution in [0.5, 0.6) is 0 Å². The van der Waals surface area contributed by atoms with Crippen LogP contribution < -0.4 is 0 Å². The van der Waals surface area contributed by atoms with E-state index in [9.17, 15) is 4.79 Å². The molecule has 2 rings (SSSR count). The molecular formula is C15H22N4O. The van der Waals surface area contributed by atoms with Crippen molar-refractivity contribution >= 4 is 16.9 Å². The third-order valence-corrected chi connectivity index (χ3v) is 3.33. The van der Waals surface area contributed by atoms with Gasteiger partial charge >= 0.3 is 0 Å². The normalized spacial score (nSPS) is 10.9. The summed E-state index contributed by atoms with van der Waals surface area (Å²) in [5, 5.41) is 8.20. The van der Waals surface area contributed by atoms with Crippen LogP contribution in [0.1, 0.15) is 44.0 Å². The molecule has 0 atom stereocenters. The molecule has 1 heterocycles. The Morgan fingerprint density at radius 3 is 2.50 bits per heavy atom. The van der Waals surface area contributed by atoms with Crippen LogP contribution in [0.3, 0.4) is 0 Å². The number of fused-ring (bicyclic) bond motifs is 1. The third kappa shape index (κ3) is 2.81. The number of carbonyl (C=O) groups excluding carboxylic acids is 1. The molecule has 0 aliphatic carbocycles. The summed E-state index contributed by atoms with van der Waals surface area (Å²) in [6.45, 7) is 8.58. The molecule has 108 valence electrons. The summed E-state index contributed by atoms with van der Waals surface area (Å²) in [7, 11) is 0. The highest BCUT2D eigenvalue weighted by Crippen LogP contribution is 2.15. The number of benzene rings is 1. The summed E-state index contributed by atoms with van der Waals surface area (Å²) in [6, 6.07) is 5.65. The lowest BCUT2D eigenvalue weighted by Gasteiger charge is -2.21. The van der Waals surface area contributed by atoms with Crippen LogP contribution in [0, 0.1) is 0 Å². The van der Waals surface area contributed by atoms with E-state index in [4.69, 9.17) is 0 Å². The van der Waals surface area contributed by atoms with Crippen LogP contribution >= 0.6 is 0 Å². The Balaban J connectivity index is 2.29. The van der Waals surface area contributed by atoms with Gasteiger partial charge in [-0.1, -0.05) is 19.1 Å². The molecule has 1 amide bonds. The zero-order chi connectivity index (χ0) is 14.5. The average molecular weight is 274 g/mol. The number of aryl methyl sites for hydroxylation is 1. The summed E-state index contributed by atoms with van der Waals surface area (Å²) in [5.41, 5.74) is 2.45. The van der Waals surface area contributed by atoms with Gasteiger partial charge in [0, 0.05) is 25.2 Å². The first-order valence-corrected chi connectivity index (χ1v) is 7.33. The SMILES string of the molecule is CCCN(CCC)C(=O)c1ccc2c(c1)nnn2CC. The van der Waals surface area contributed by atoms with E-state index >= 15 is 0 Å². The molecule has 5 heteroatoms. The Hall–Kier alpha value is -1.91. The standard InChI is InChI=1S/C15H22N4O/c1-4-9-18(10-5-2)15(20)12-7-8-14-13(11-12)16-17-19(14)6-3/h7-8,11H,4-6,9-10H2,1-3H3. The van der Waals surface area contributed by atoms with Crippen molar-refractivity contribution in [2.75, 3.05) is 13.1 Å². The number of carbonyl (C=O) groups is 1. The van der Waals surface area contributed by atoms with Gasteiger partial charge in [0.2, 0.25) is 0 Å². The molecule has 0 bridgehead atoms. The number of rotatable bonds is 6. The van der Waals surface area contributed by atoms with E-state index in [1.807, 2.05) is 34.7 Å². The smallest absolute Gasteiger partial charge is 0.253 e. The first-order valence-electron chi connectivity index (χ1n) is 7.33. The summed E-state index contributed by atoms with van der Waals surface area (Å²) < 4.78 is 1.83. The Bertz CT molecular complexity index is 585. The van der Waals surface area contributed by atoms with Crippen molar-refractivity contribution in [3.8, 4) is 0 Å². The Morgan fingerprint density at radius 2 is 1.90 bits per heavy atom. The molecule has 2 aromatic rings. The van der Waals surface area contributed by atoms with Gasteiger partial charge in [0.25, 0.3) is 5.91 Å². The molecule has 0 unspecified atom stereocenters. The van der Waals surface area contributed by atoms with Crippen molar-refractivity contribution in [3.63, 3.8) is 0 Å². The minimum absolute atomic E-state index is 0.0849. The highest BCUT2D eigenvalue weighted by atomic mass is 16.2. The monoisotopic (exact) mass is 274 g/mol. The largest absolute Gasteiger partial charge is 0.339 e. The number of nitrogens with zero attached hydrogens (tertiary/aromatic N) is 4. The zero-order valence-corrected chi connectivity index (χ0v) is 12.5. The first kappa shape index (κ1) is 14.5. The van der Waals surface area contributed by atoms with E-state index in [-0.39, 0.29) is 5.91 Å². The number of hydrogen-bond donors (Lipinski definition) is 0. The van der Waals surface area contributed by atoms with E-state index in [0.29, 0.717) is 5.56 Å². The predicted octanol–water partition coefficient (Wildman–Crippen LogP) is 2.71. The van der Waals surface area contributed by atoms with Crippen LogP contribution in [0.4, 0.5) is 0 Å². The highest BCUT2D eigenvalue weighted by molar-refractivity contribution is 5.97. The fourth-order valence-electron chi connectivity index (χ4n) is 2.38. The third-order valence-electron chi connectivity index (χ3n) is 3.33. The van der Waals surface area contributed by atoms with Crippen LogP contribution in [0.2, 0.25) is 0 Å². The number of amides is 1. The molecule has 0 aliphatic rings. The van der Waals surface area contributed by atoms with Gasteiger partial charge in [-0.15, -0.1) is 5.10 Å². The van der Waals surface area contributed by atoms with E-state index in [0.717, 1.165) is 43.5 Å². The fraction of sp³-hybridized carbons (Fsp3) is 0.533. The van der Waals surface area contributed by atoms with Crippen LogP contribution in [0.15, 0.2) is 18.2 Å². The molecule has 0 radical (unpaired) electrons. The van der Waals surface area contributed by atoms with Crippen LogP contribution in [-0.4, -0.2) is 38.9 Å². The van der Waals surface area contributed by atoms with Crippen molar-refractivity contribution in [2.45, 2.75) is 40.2 Å². The Labute approximate surface area is 119 Å². The maximum absolute atomic E-state index is 12.5. The van der Waals surface area contributed by atoms with Crippen LogP contribution in [-0.2, 0) is 6.54 Å². The van der Waals surface area contributed by atoms with E-state index in [2.05, 4.69) is 24.2 Å². The zero-order valence-electron chi connectivity index (χ0n) is 12.5. The van der Waals surface area contributed by atoms with Crippen molar-refractivity contribution < 1.29 is 4.79 Å². The molecule has 1 aromatic carbocycles. The predicted molar refractivity (Wildman–Crippen MR) is 79.7 cm³/mol. The molecule has 0 spiro atoms. The van der Waals surface area contributed by atoms with Gasteiger partial charge in [-0.3, -0.25) is 4.79 Å². The summed E-state index contributed by atoms with van der Waals surface area (Å²) in [6.07, 6.45) is 1.94. The van der Waals surface area contributed by atoms with Gasteiger partial charge in [-0.05, 0) is 38.0 Å². The van der Waals surface area contributed by atoms with Crippen LogP contribution in [0.25, 0.3) is 11.0 Å². The van der Waals surface area contributed by atoms with Gasteiger partial charge in [-0.2, -0.15) is 0 Å².